The topological polar surface area (TPSA) is 66.0 Å². The molecular weight excluding hydrogens is 261 g/mol. The maximum Gasteiger partial charge on any atom is 0.449 e. The molecule has 0 aliphatic heterocycles. The number of alkyl halides is 3. The zero-order valence-corrected chi connectivity index (χ0v) is 9.75. The van der Waals surface area contributed by atoms with E-state index < -0.39 is 18.0 Å². The van der Waals surface area contributed by atoms with Crippen molar-refractivity contribution in [2.75, 3.05) is 0 Å². The number of nitrogens with one attached hydrogen (secondary N) is 1. The van der Waals surface area contributed by atoms with Gasteiger partial charge in [-0.3, -0.25) is 0 Å². The molecule has 0 fully saturated rings. The van der Waals surface area contributed by atoms with E-state index in [2.05, 4.69) is 9.97 Å². The Balaban J connectivity index is 2.50. The minimum Gasteiger partial charge on any atom is -0.478 e. The van der Waals surface area contributed by atoms with Crippen LogP contribution in [0, 0.1) is 6.92 Å². The summed E-state index contributed by atoms with van der Waals surface area (Å²) >= 11 is 0. The number of imidazole rings is 1. The van der Waals surface area contributed by atoms with Crippen molar-refractivity contribution >= 4 is 5.97 Å². The number of nitrogens with zero attached hydrogens (tertiary/aromatic N) is 1. The molecule has 0 aliphatic rings. The molecule has 0 bridgehead atoms. The van der Waals surface area contributed by atoms with Gasteiger partial charge in [0.15, 0.2) is 0 Å². The maximum absolute atomic E-state index is 12.5. The van der Waals surface area contributed by atoms with Crippen LogP contribution in [0.3, 0.4) is 0 Å². The molecule has 0 atom stereocenters. The average Bonchev–Trinajstić information content (AvgIpc) is 2.71. The van der Waals surface area contributed by atoms with Crippen LogP contribution in [0.4, 0.5) is 13.2 Å². The van der Waals surface area contributed by atoms with E-state index in [-0.39, 0.29) is 17.0 Å². The van der Waals surface area contributed by atoms with Gasteiger partial charge >= 0.3 is 12.1 Å². The van der Waals surface area contributed by atoms with Crippen molar-refractivity contribution in [3.8, 4) is 11.3 Å². The SMILES string of the molecule is Cc1[nH]c(C(F)(F)F)nc1-c1cccc(C(=O)O)c1. The fourth-order valence-electron chi connectivity index (χ4n) is 1.68. The molecule has 2 N–H and O–H groups in total. The molecule has 0 radical (unpaired) electrons. The van der Waals surface area contributed by atoms with Crippen molar-refractivity contribution in [3.05, 3.63) is 41.3 Å². The molecule has 0 amide bonds. The molecule has 1 heterocycles. The highest BCUT2D eigenvalue weighted by molar-refractivity contribution is 5.89. The van der Waals surface area contributed by atoms with Crippen molar-refractivity contribution < 1.29 is 23.1 Å². The van der Waals surface area contributed by atoms with Crippen LogP contribution in [0.25, 0.3) is 11.3 Å². The molecule has 100 valence electrons. The molecule has 0 spiro atoms. The molecular formula is C12H9F3N2O2. The number of carbonyl (C=O) groups is 1. The largest absolute Gasteiger partial charge is 0.478 e. The Labute approximate surface area is 105 Å². The lowest BCUT2D eigenvalue weighted by molar-refractivity contribution is -0.144. The predicted molar refractivity (Wildman–Crippen MR) is 60.7 cm³/mol. The van der Waals surface area contributed by atoms with Crippen LogP contribution in [0.2, 0.25) is 0 Å². The Bertz CT molecular complexity index is 632. The number of hydrogen-bond acceptors (Lipinski definition) is 2. The number of carboxylic acids is 1. The van der Waals surface area contributed by atoms with Gasteiger partial charge in [-0.15, -0.1) is 0 Å². The highest BCUT2D eigenvalue weighted by atomic mass is 19.4. The molecule has 0 saturated heterocycles. The van der Waals surface area contributed by atoms with Crippen molar-refractivity contribution in [2.45, 2.75) is 13.1 Å². The van der Waals surface area contributed by atoms with Crippen LogP contribution >= 0.6 is 0 Å². The summed E-state index contributed by atoms with van der Waals surface area (Å²) in [6.45, 7) is 1.45. The van der Waals surface area contributed by atoms with Gasteiger partial charge in [0, 0.05) is 11.3 Å². The minimum atomic E-state index is -4.56. The third kappa shape index (κ3) is 2.59. The van der Waals surface area contributed by atoms with Gasteiger partial charge in [-0.25, -0.2) is 9.78 Å². The third-order valence-electron chi connectivity index (χ3n) is 2.54. The number of carboxylic acid groups (broad SMARTS) is 1. The number of rotatable bonds is 2. The monoisotopic (exact) mass is 270 g/mol. The van der Waals surface area contributed by atoms with Gasteiger partial charge < -0.3 is 10.1 Å². The van der Waals surface area contributed by atoms with E-state index in [4.69, 9.17) is 5.11 Å². The summed E-state index contributed by atoms with van der Waals surface area (Å²) in [5.41, 5.74) is 0.642. The number of halogens is 3. The summed E-state index contributed by atoms with van der Waals surface area (Å²) in [6.07, 6.45) is -4.56. The Morgan fingerprint density at radius 2 is 2.05 bits per heavy atom. The first-order valence-electron chi connectivity index (χ1n) is 5.26. The average molecular weight is 270 g/mol. The lowest BCUT2D eigenvalue weighted by Gasteiger charge is -2.01. The van der Waals surface area contributed by atoms with Gasteiger partial charge in [0.2, 0.25) is 5.82 Å². The van der Waals surface area contributed by atoms with E-state index in [9.17, 15) is 18.0 Å². The second-order valence-electron chi connectivity index (χ2n) is 3.94. The highest BCUT2D eigenvalue weighted by Gasteiger charge is 2.35. The van der Waals surface area contributed by atoms with Crippen LogP contribution in [0.5, 0.6) is 0 Å². The van der Waals surface area contributed by atoms with Gasteiger partial charge in [-0.2, -0.15) is 13.2 Å². The van der Waals surface area contributed by atoms with E-state index in [1.165, 1.54) is 31.2 Å². The number of aromatic carboxylic acids is 1. The summed E-state index contributed by atoms with van der Waals surface area (Å²) < 4.78 is 37.5. The van der Waals surface area contributed by atoms with Gasteiger partial charge in [0.05, 0.1) is 11.3 Å². The first-order chi connectivity index (χ1) is 8.79. The van der Waals surface area contributed by atoms with E-state index >= 15 is 0 Å². The summed E-state index contributed by atoms with van der Waals surface area (Å²) in [6, 6.07) is 5.61. The van der Waals surface area contributed by atoms with Crippen LogP contribution in [0.1, 0.15) is 21.9 Å². The molecule has 2 aromatic rings. The van der Waals surface area contributed by atoms with Gasteiger partial charge in [0.25, 0.3) is 0 Å². The smallest absolute Gasteiger partial charge is 0.449 e. The van der Waals surface area contributed by atoms with Crippen LogP contribution < -0.4 is 0 Å². The Hall–Kier alpha value is -2.31. The Kier molecular flexibility index (Phi) is 3.05. The number of aromatic nitrogens is 2. The summed E-state index contributed by atoms with van der Waals surface area (Å²) in [5, 5.41) is 8.85. The lowest BCUT2D eigenvalue weighted by Crippen LogP contribution is -2.07. The molecule has 0 saturated carbocycles. The van der Waals surface area contributed by atoms with Gasteiger partial charge in [-0.05, 0) is 19.1 Å². The predicted octanol–water partition coefficient (Wildman–Crippen LogP) is 3.10. The lowest BCUT2D eigenvalue weighted by atomic mass is 10.1. The molecule has 4 nitrogen and oxygen atoms in total. The quantitative estimate of drug-likeness (QED) is 0.881. The molecule has 2 rings (SSSR count). The van der Waals surface area contributed by atoms with E-state index in [0.29, 0.717) is 5.56 Å². The summed E-state index contributed by atoms with van der Waals surface area (Å²) in [4.78, 5) is 16.5. The van der Waals surface area contributed by atoms with Crippen molar-refractivity contribution in [1.82, 2.24) is 9.97 Å². The Morgan fingerprint density at radius 1 is 1.37 bits per heavy atom. The number of benzene rings is 1. The second-order valence-corrected chi connectivity index (χ2v) is 3.94. The van der Waals surface area contributed by atoms with Crippen LogP contribution in [-0.4, -0.2) is 21.0 Å². The highest BCUT2D eigenvalue weighted by Crippen LogP contribution is 2.30. The molecule has 1 aromatic carbocycles. The first-order valence-corrected chi connectivity index (χ1v) is 5.26. The second kappa shape index (κ2) is 4.42. The number of hydrogen-bond donors (Lipinski definition) is 2. The standard InChI is InChI=1S/C12H9F3N2O2/c1-6-9(17-11(16-6)12(13,14)15)7-3-2-4-8(5-7)10(18)19/h2-5H,1H3,(H,16,17)(H,18,19). The zero-order chi connectivity index (χ0) is 14.2. The van der Waals surface area contributed by atoms with Crippen molar-refractivity contribution in [1.29, 1.82) is 0 Å². The molecule has 1 aromatic heterocycles. The summed E-state index contributed by atoms with van der Waals surface area (Å²) in [5.74, 6) is -2.24. The minimum absolute atomic E-state index is 0.00606. The summed E-state index contributed by atoms with van der Waals surface area (Å²) in [7, 11) is 0. The Morgan fingerprint density at radius 3 is 2.58 bits per heavy atom. The molecule has 19 heavy (non-hydrogen) atoms. The molecule has 7 heteroatoms. The number of H-pyrrole nitrogens is 1. The number of aromatic amines is 1. The maximum atomic E-state index is 12.5. The molecule has 0 aliphatic carbocycles. The zero-order valence-electron chi connectivity index (χ0n) is 9.75. The normalized spacial score (nSPS) is 11.6. The van der Waals surface area contributed by atoms with Gasteiger partial charge in [0.1, 0.15) is 0 Å². The van der Waals surface area contributed by atoms with E-state index in [1.807, 2.05) is 0 Å². The van der Waals surface area contributed by atoms with Crippen LogP contribution in [-0.2, 0) is 6.18 Å². The van der Waals surface area contributed by atoms with Gasteiger partial charge in [-0.1, -0.05) is 12.1 Å². The van der Waals surface area contributed by atoms with Crippen molar-refractivity contribution in [3.63, 3.8) is 0 Å². The first kappa shape index (κ1) is 13.1. The molecule has 0 unspecified atom stereocenters. The van der Waals surface area contributed by atoms with E-state index in [1.54, 1.807) is 0 Å². The fraction of sp³-hybridized carbons (Fsp3) is 0.167. The van der Waals surface area contributed by atoms with Crippen LogP contribution in [0.15, 0.2) is 24.3 Å². The number of aryl methyl sites for hydroxylation is 1. The fourth-order valence-corrected chi connectivity index (χ4v) is 1.68. The van der Waals surface area contributed by atoms with Crippen molar-refractivity contribution in [2.24, 2.45) is 0 Å². The van der Waals surface area contributed by atoms with E-state index in [0.717, 1.165) is 0 Å². The third-order valence-corrected chi connectivity index (χ3v) is 2.54.